The first-order valence-corrected chi connectivity index (χ1v) is 6.95. The summed E-state index contributed by atoms with van der Waals surface area (Å²) in [5.41, 5.74) is 7.99. The van der Waals surface area contributed by atoms with Crippen molar-refractivity contribution in [1.82, 2.24) is 10.1 Å². The number of hydrogen-bond donors (Lipinski definition) is 1. The zero-order chi connectivity index (χ0) is 14.1. The molecule has 20 heavy (non-hydrogen) atoms. The number of rotatable bonds is 2. The van der Waals surface area contributed by atoms with Gasteiger partial charge in [0.1, 0.15) is 0 Å². The highest BCUT2D eigenvalue weighted by atomic mass is 79.9. The zero-order valence-corrected chi connectivity index (χ0v) is 12.5. The average molecular weight is 351 g/mol. The molecule has 0 saturated heterocycles. The van der Waals surface area contributed by atoms with E-state index >= 15 is 0 Å². The van der Waals surface area contributed by atoms with E-state index in [1.807, 2.05) is 24.3 Å². The molecule has 1 aromatic heterocycles. The van der Waals surface area contributed by atoms with Crippen molar-refractivity contribution in [2.45, 2.75) is 0 Å². The fourth-order valence-corrected chi connectivity index (χ4v) is 2.34. The number of nitrogens with two attached hydrogens (primary N) is 1. The summed E-state index contributed by atoms with van der Waals surface area (Å²) in [5.74, 6) is 0.848. The SMILES string of the molecule is Nc1ccc(Br)cc1-c1nc(-c2cccc(Cl)c2)no1. The molecule has 2 N–H and O–H groups in total. The first-order valence-electron chi connectivity index (χ1n) is 5.78. The Morgan fingerprint density at radius 2 is 2.00 bits per heavy atom. The second-order valence-corrected chi connectivity index (χ2v) is 5.52. The van der Waals surface area contributed by atoms with E-state index in [2.05, 4.69) is 26.1 Å². The fourth-order valence-electron chi connectivity index (χ4n) is 1.79. The van der Waals surface area contributed by atoms with Gasteiger partial charge in [0, 0.05) is 20.7 Å². The number of nitrogen functional groups attached to an aromatic ring is 1. The van der Waals surface area contributed by atoms with Crippen LogP contribution in [0.5, 0.6) is 0 Å². The van der Waals surface area contributed by atoms with Crippen molar-refractivity contribution in [1.29, 1.82) is 0 Å². The van der Waals surface area contributed by atoms with E-state index in [-0.39, 0.29) is 0 Å². The second kappa shape index (κ2) is 5.26. The monoisotopic (exact) mass is 349 g/mol. The van der Waals surface area contributed by atoms with Crippen LogP contribution in [-0.4, -0.2) is 10.1 Å². The van der Waals surface area contributed by atoms with Crippen LogP contribution in [0, 0.1) is 0 Å². The minimum Gasteiger partial charge on any atom is -0.398 e. The van der Waals surface area contributed by atoms with Crippen LogP contribution in [0.3, 0.4) is 0 Å². The molecule has 100 valence electrons. The summed E-state index contributed by atoms with van der Waals surface area (Å²) in [5, 5.41) is 4.58. The number of benzene rings is 2. The van der Waals surface area contributed by atoms with Crippen LogP contribution in [0.15, 0.2) is 51.5 Å². The van der Waals surface area contributed by atoms with Crippen LogP contribution in [0.2, 0.25) is 5.02 Å². The molecule has 6 heteroatoms. The van der Waals surface area contributed by atoms with Crippen LogP contribution < -0.4 is 5.73 Å². The van der Waals surface area contributed by atoms with Gasteiger partial charge in [0.2, 0.25) is 5.82 Å². The van der Waals surface area contributed by atoms with Crippen molar-refractivity contribution >= 4 is 33.2 Å². The first-order chi connectivity index (χ1) is 9.63. The predicted molar refractivity (Wildman–Crippen MR) is 82.3 cm³/mol. The Kier molecular flexibility index (Phi) is 3.46. The maximum Gasteiger partial charge on any atom is 0.260 e. The third kappa shape index (κ3) is 2.55. The van der Waals surface area contributed by atoms with Gasteiger partial charge >= 0.3 is 0 Å². The largest absolute Gasteiger partial charge is 0.398 e. The molecule has 3 rings (SSSR count). The van der Waals surface area contributed by atoms with Gasteiger partial charge in [0.05, 0.1) is 5.56 Å². The van der Waals surface area contributed by atoms with Crippen LogP contribution in [0.1, 0.15) is 0 Å². The molecule has 0 amide bonds. The standard InChI is InChI=1S/C14H9BrClN3O/c15-9-4-5-12(17)11(7-9)14-18-13(19-20-14)8-2-1-3-10(16)6-8/h1-7H,17H2. The Bertz CT molecular complexity index is 773. The number of aromatic nitrogens is 2. The molecule has 1 heterocycles. The lowest BCUT2D eigenvalue weighted by atomic mass is 10.2. The Morgan fingerprint density at radius 1 is 1.15 bits per heavy atom. The van der Waals surface area contributed by atoms with Gasteiger partial charge < -0.3 is 10.3 Å². The van der Waals surface area contributed by atoms with Gasteiger partial charge in [-0.15, -0.1) is 0 Å². The summed E-state index contributed by atoms with van der Waals surface area (Å²) in [4.78, 5) is 4.36. The van der Waals surface area contributed by atoms with Crippen LogP contribution in [0.25, 0.3) is 22.8 Å². The van der Waals surface area contributed by atoms with Gasteiger partial charge in [-0.3, -0.25) is 0 Å². The molecule has 2 aromatic carbocycles. The first kappa shape index (κ1) is 13.1. The Balaban J connectivity index is 2.04. The summed E-state index contributed by atoms with van der Waals surface area (Å²) in [7, 11) is 0. The van der Waals surface area contributed by atoms with Crippen molar-refractivity contribution in [3.8, 4) is 22.8 Å². The van der Waals surface area contributed by atoms with Gasteiger partial charge in [-0.1, -0.05) is 44.8 Å². The van der Waals surface area contributed by atoms with Gasteiger partial charge in [-0.05, 0) is 30.3 Å². The molecule has 0 spiro atoms. The van der Waals surface area contributed by atoms with Crippen molar-refractivity contribution in [2.24, 2.45) is 0 Å². The lowest BCUT2D eigenvalue weighted by Crippen LogP contribution is -1.90. The summed E-state index contributed by atoms with van der Waals surface area (Å²) in [6, 6.07) is 12.7. The van der Waals surface area contributed by atoms with E-state index in [1.165, 1.54) is 0 Å². The quantitative estimate of drug-likeness (QED) is 0.696. The van der Waals surface area contributed by atoms with Gasteiger partial charge in [0.25, 0.3) is 5.89 Å². The Morgan fingerprint density at radius 3 is 2.80 bits per heavy atom. The van der Waals surface area contributed by atoms with Crippen LogP contribution in [0.4, 0.5) is 5.69 Å². The molecular weight excluding hydrogens is 342 g/mol. The van der Waals surface area contributed by atoms with E-state index in [0.717, 1.165) is 10.0 Å². The van der Waals surface area contributed by atoms with E-state index in [9.17, 15) is 0 Å². The maximum absolute atomic E-state index is 5.95. The Labute approximate surface area is 128 Å². The molecule has 0 unspecified atom stereocenters. The molecule has 0 atom stereocenters. The summed E-state index contributed by atoms with van der Waals surface area (Å²) in [6.45, 7) is 0. The molecule has 0 fully saturated rings. The van der Waals surface area contributed by atoms with E-state index < -0.39 is 0 Å². The van der Waals surface area contributed by atoms with Gasteiger partial charge in [-0.2, -0.15) is 4.98 Å². The Hall–Kier alpha value is -1.85. The normalized spacial score (nSPS) is 10.7. The molecule has 4 nitrogen and oxygen atoms in total. The molecule has 0 aliphatic rings. The van der Waals surface area contributed by atoms with Crippen molar-refractivity contribution in [3.63, 3.8) is 0 Å². The smallest absolute Gasteiger partial charge is 0.260 e. The topological polar surface area (TPSA) is 64.9 Å². The number of anilines is 1. The number of hydrogen-bond acceptors (Lipinski definition) is 4. The van der Waals surface area contributed by atoms with Crippen LogP contribution >= 0.6 is 27.5 Å². The van der Waals surface area contributed by atoms with Crippen molar-refractivity contribution < 1.29 is 4.52 Å². The third-order valence-electron chi connectivity index (χ3n) is 2.75. The van der Waals surface area contributed by atoms with Crippen molar-refractivity contribution in [3.05, 3.63) is 52.0 Å². The minimum absolute atomic E-state index is 0.374. The maximum atomic E-state index is 5.95. The lowest BCUT2D eigenvalue weighted by molar-refractivity contribution is 0.432. The van der Waals surface area contributed by atoms with Crippen LogP contribution in [-0.2, 0) is 0 Å². The predicted octanol–water partition coefficient (Wildman–Crippen LogP) is 4.40. The number of nitrogens with zero attached hydrogens (tertiary/aromatic N) is 2. The highest BCUT2D eigenvalue weighted by Crippen LogP contribution is 2.29. The highest BCUT2D eigenvalue weighted by Gasteiger charge is 2.13. The fraction of sp³-hybridized carbons (Fsp3) is 0. The highest BCUT2D eigenvalue weighted by molar-refractivity contribution is 9.10. The average Bonchev–Trinajstić information content (AvgIpc) is 2.91. The van der Waals surface area contributed by atoms with E-state index in [1.54, 1.807) is 18.2 Å². The summed E-state index contributed by atoms with van der Waals surface area (Å²) in [6.07, 6.45) is 0. The molecule has 3 aromatic rings. The molecule has 0 radical (unpaired) electrons. The van der Waals surface area contributed by atoms with Gasteiger partial charge in [-0.25, -0.2) is 0 Å². The molecule has 0 aliphatic heterocycles. The zero-order valence-electron chi connectivity index (χ0n) is 10.2. The lowest BCUT2D eigenvalue weighted by Gasteiger charge is -2.00. The second-order valence-electron chi connectivity index (χ2n) is 4.17. The molecular formula is C14H9BrClN3O. The summed E-state index contributed by atoms with van der Waals surface area (Å²) < 4.78 is 6.17. The van der Waals surface area contributed by atoms with Gasteiger partial charge in [0.15, 0.2) is 0 Å². The van der Waals surface area contributed by atoms with E-state index in [0.29, 0.717) is 28.0 Å². The van der Waals surface area contributed by atoms with Crippen molar-refractivity contribution in [2.75, 3.05) is 5.73 Å². The molecule has 0 saturated carbocycles. The third-order valence-corrected chi connectivity index (χ3v) is 3.48. The molecule has 0 bridgehead atoms. The molecule has 0 aliphatic carbocycles. The number of halogens is 2. The minimum atomic E-state index is 0.374. The summed E-state index contributed by atoms with van der Waals surface area (Å²) >= 11 is 9.34. The van der Waals surface area contributed by atoms with E-state index in [4.69, 9.17) is 21.9 Å².